The van der Waals surface area contributed by atoms with Gasteiger partial charge < -0.3 is 16.4 Å². The van der Waals surface area contributed by atoms with Crippen molar-refractivity contribution in [1.29, 1.82) is 0 Å². The number of nitrogens with one attached hydrogen (secondary N) is 2. The monoisotopic (exact) mass is 397 g/mol. The number of primary amides is 1. The van der Waals surface area contributed by atoms with Gasteiger partial charge in [0.2, 0.25) is 11.0 Å². The summed E-state index contributed by atoms with van der Waals surface area (Å²) in [5.74, 6) is -0.450. The predicted molar refractivity (Wildman–Crippen MR) is 103 cm³/mol. The minimum atomic E-state index is -0.476. The molecule has 2 heterocycles. The van der Waals surface area contributed by atoms with Crippen molar-refractivity contribution >= 4 is 56.4 Å². The summed E-state index contributed by atoms with van der Waals surface area (Å²) >= 11 is 4.20. The molecule has 10 heteroatoms. The molecule has 1 aliphatic carbocycles. The number of aryl methyl sites for hydroxylation is 1. The Morgan fingerprint density at radius 3 is 2.80 bits per heavy atom. The Kier molecular flexibility index (Phi) is 5.60. The van der Waals surface area contributed by atoms with Crippen molar-refractivity contribution in [1.82, 2.24) is 10.2 Å². The number of aromatic nitrogens is 2. The van der Waals surface area contributed by atoms with Gasteiger partial charge in [0.05, 0.1) is 11.3 Å². The lowest BCUT2D eigenvalue weighted by molar-refractivity contribution is -0.113. The molecule has 2 aromatic heterocycles. The Bertz CT molecular complexity index is 799. The van der Waals surface area contributed by atoms with E-state index in [0.29, 0.717) is 10.6 Å². The molecule has 2 amide bonds. The molecule has 3 rings (SSSR count). The van der Waals surface area contributed by atoms with Gasteiger partial charge in [-0.25, -0.2) is 0 Å². The van der Waals surface area contributed by atoms with E-state index < -0.39 is 5.91 Å². The van der Waals surface area contributed by atoms with E-state index in [1.807, 2.05) is 13.8 Å². The summed E-state index contributed by atoms with van der Waals surface area (Å²) in [7, 11) is 0. The van der Waals surface area contributed by atoms with Crippen LogP contribution >= 0.6 is 34.4 Å². The van der Waals surface area contributed by atoms with Crippen molar-refractivity contribution in [2.24, 2.45) is 5.73 Å². The predicted octanol–water partition coefficient (Wildman–Crippen LogP) is 2.74. The normalized spacial score (nSPS) is 13.1. The largest absolute Gasteiger partial charge is 0.365 e. The van der Waals surface area contributed by atoms with Gasteiger partial charge in [0.25, 0.3) is 5.91 Å². The second-order valence-corrected chi connectivity index (χ2v) is 9.24. The Morgan fingerprint density at radius 1 is 1.28 bits per heavy atom. The number of rotatable bonds is 7. The third-order valence-electron chi connectivity index (χ3n) is 3.57. The minimum Gasteiger partial charge on any atom is -0.365 e. The molecule has 0 fully saturated rings. The van der Waals surface area contributed by atoms with Gasteiger partial charge in [-0.05, 0) is 38.7 Å². The SMILES string of the molecule is CC(C)Nc1nnc(SCC(=O)Nc2sc3c(c2C(N)=O)CCC3)s1. The van der Waals surface area contributed by atoms with Crippen LogP contribution in [-0.2, 0) is 17.6 Å². The molecule has 0 atom stereocenters. The summed E-state index contributed by atoms with van der Waals surface area (Å²) < 4.78 is 0.724. The molecule has 25 heavy (non-hydrogen) atoms. The van der Waals surface area contributed by atoms with Gasteiger partial charge >= 0.3 is 0 Å². The van der Waals surface area contributed by atoms with Crippen LogP contribution in [0.15, 0.2) is 4.34 Å². The Labute approximate surface area is 157 Å². The second kappa shape index (κ2) is 7.71. The van der Waals surface area contributed by atoms with Crippen molar-refractivity contribution in [3.05, 3.63) is 16.0 Å². The number of amides is 2. The van der Waals surface area contributed by atoms with Crippen LogP contribution in [0.4, 0.5) is 10.1 Å². The summed E-state index contributed by atoms with van der Waals surface area (Å²) in [6.45, 7) is 4.05. The van der Waals surface area contributed by atoms with Crippen LogP contribution in [0.25, 0.3) is 0 Å². The highest BCUT2D eigenvalue weighted by molar-refractivity contribution is 8.01. The first-order valence-electron chi connectivity index (χ1n) is 7.91. The van der Waals surface area contributed by atoms with Crippen molar-refractivity contribution < 1.29 is 9.59 Å². The number of hydrogen-bond donors (Lipinski definition) is 3. The first-order valence-corrected chi connectivity index (χ1v) is 10.5. The van der Waals surface area contributed by atoms with Crippen molar-refractivity contribution in [3.63, 3.8) is 0 Å². The molecular weight excluding hydrogens is 378 g/mol. The fraction of sp³-hybridized carbons (Fsp3) is 0.467. The van der Waals surface area contributed by atoms with E-state index >= 15 is 0 Å². The zero-order chi connectivity index (χ0) is 18.0. The van der Waals surface area contributed by atoms with Gasteiger partial charge in [0.1, 0.15) is 5.00 Å². The molecule has 0 radical (unpaired) electrons. The molecule has 0 bridgehead atoms. The Hall–Kier alpha value is -1.65. The average Bonchev–Trinajstić information content (AvgIpc) is 3.19. The highest BCUT2D eigenvalue weighted by Crippen LogP contribution is 2.39. The van der Waals surface area contributed by atoms with Crippen molar-refractivity contribution in [3.8, 4) is 0 Å². The van der Waals surface area contributed by atoms with E-state index in [4.69, 9.17) is 5.73 Å². The van der Waals surface area contributed by atoms with Crippen LogP contribution in [0.3, 0.4) is 0 Å². The average molecular weight is 398 g/mol. The van der Waals surface area contributed by atoms with Gasteiger partial charge in [-0.1, -0.05) is 23.1 Å². The van der Waals surface area contributed by atoms with E-state index in [1.165, 1.54) is 34.4 Å². The van der Waals surface area contributed by atoms with E-state index in [-0.39, 0.29) is 17.7 Å². The van der Waals surface area contributed by atoms with Crippen LogP contribution in [0.5, 0.6) is 0 Å². The molecule has 4 N–H and O–H groups in total. The molecule has 134 valence electrons. The Balaban J connectivity index is 1.60. The van der Waals surface area contributed by atoms with Crippen LogP contribution in [0.2, 0.25) is 0 Å². The summed E-state index contributed by atoms with van der Waals surface area (Å²) in [4.78, 5) is 25.1. The fourth-order valence-electron chi connectivity index (χ4n) is 2.62. The lowest BCUT2D eigenvalue weighted by atomic mass is 10.1. The number of thiophene rings is 1. The third-order valence-corrected chi connectivity index (χ3v) is 6.76. The van der Waals surface area contributed by atoms with E-state index in [9.17, 15) is 9.59 Å². The van der Waals surface area contributed by atoms with Gasteiger partial charge in [-0.15, -0.1) is 21.5 Å². The first kappa shape index (κ1) is 18.2. The maximum Gasteiger partial charge on any atom is 0.251 e. The van der Waals surface area contributed by atoms with Crippen LogP contribution < -0.4 is 16.4 Å². The first-order chi connectivity index (χ1) is 11.9. The van der Waals surface area contributed by atoms with E-state index in [0.717, 1.165) is 39.2 Å². The van der Waals surface area contributed by atoms with Gasteiger partial charge in [-0.3, -0.25) is 9.59 Å². The highest BCUT2D eigenvalue weighted by Gasteiger charge is 2.26. The molecule has 0 aliphatic heterocycles. The van der Waals surface area contributed by atoms with Gasteiger partial charge in [0.15, 0.2) is 4.34 Å². The quantitative estimate of drug-likeness (QED) is 0.620. The smallest absolute Gasteiger partial charge is 0.251 e. The minimum absolute atomic E-state index is 0.180. The molecular formula is C15H19N5O2S3. The molecule has 1 aliphatic rings. The standard InChI is InChI=1S/C15H19N5O2S3/c1-7(2)17-14-19-20-15(25-14)23-6-10(21)18-13-11(12(16)22)8-4-3-5-9(8)24-13/h7H,3-6H2,1-2H3,(H2,16,22)(H,17,19)(H,18,21). The van der Waals surface area contributed by atoms with E-state index in [2.05, 4.69) is 20.8 Å². The lowest BCUT2D eigenvalue weighted by Gasteiger charge is -2.05. The Morgan fingerprint density at radius 2 is 2.08 bits per heavy atom. The zero-order valence-electron chi connectivity index (χ0n) is 13.9. The number of nitrogens with zero attached hydrogens (tertiary/aromatic N) is 2. The number of carbonyl (C=O) groups excluding carboxylic acids is 2. The molecule has 0 saturated heterocycles. The number of anilines is 2. The molecule has 0 spiro atoms. The molecule has 7 nitrogen and oxygen atoms in total. The van der Waals surface area contributed by atoms with Gasteiger partial charge in [-0.2, -0.15) is 0 Å². The molecule has 0 unspecified atom stereocenters. The molecule has 2 aromatic rings. The zero-order valence-corrected chi connectivity index (χ0v) is 16.4. The summed E-state index contributed by atoms with van der Waals surface area (Å²) in [6, 6.07) is 0.280. The number of fused-ring (bicyclic) bond motifs is 1. The number of thioether (sulfide) groups is 1. The number of hydrogen-bond acceptors (Lipinski definition) is 8. The second-order valence-electron chi connectivity index (χ2n) is 5.93. The lowest BCUT2D eigenvalue weighted by Crippen LogP contribution is -2.18. The summed E-state index contributed by atoms with van der Waals surface area (Å²) in [5, 5.41) is 15.4. The van der Waals surface area contributed by atoms with Crippen LogP contribution in [0.1, 0.15) is 41.1 Å². The summed E-state index contributed by atoms with van der Waals surface area (Å²) in [6.07, 6.45) is 2.84. The summed E-state index contributed by atoms with van der Waals surface area (Å²) in [5.41, 5.74) is 6.99. The van der Waals surface area contributed by atoms with E-state index in [1.54, 1.807) is 0 Å². The maximum absolute atomic E-state index is 12.2. The molecule has 0 aromatic carbocycles. The van der Waals surface area contributed by atoms with Gasteiger partial charge in [0, 0.05) is 10.9 Å². The van der Waals surface area contributed by atoms with Crippen LogP contribution in [-0.4, -0.2) is 33.8 Å². The van der Waals surface area contributed by atoms with Crippen LogP contribution in [0, 0.1) is 0 Å². The maximum atomic E-state index is 12.2. The van der Waals surface area contributed by atoms with Crippen molar-refractivity contribution in [2.45, 2.75) is 43.5 Å². The van der Waals surface area contributed by atoms with Crippen molar-refractivity contribution in [2.75, 3.05) is 16.4 Å². The number of carbonyl (C=O) groups is 2. The third kappa shape index (κ3) is 4.31. The number of nitrogens with two attached hydrogens (primary N) is 1. The highest BCUT2D eigenvalue weighted by atomic mass is 32.2. The molecule has 0 saturated carbocycles. The fourth-order valence-corrected chi connectivity index (χ4v) is 5.63. The topological polar surface area (TPSA) is 110 Å².